The second-order valence-electron chi connectivity index (χ2n) is 5.14. The molecule has 0 aliphatic carbocycles. The van der Waals surface area contributed by atoms with Crippen molar-refractivity contribution in [1.29, 1.82) is 0 Å². The van der Waals surface area contributed by atoms with Crippen molar-refractivity contribution in [3.63, 3.8) is 0 Å². The van der Waals surface area contributed by atoms with Crippen LogP contribution >= 0.6 is 0 Å². The van der Waals surface area contributed by atoms with Crippen molar-refractivity contribution in [2.24, 2.45) is 0 Å². The molecule has 0 radical (unpaired) electrons. The number of aliphatic hydroxyl groups is 1. The molecule has 0 saturated heterocycles. The molecule has 126 valence electrons. The van der Waals surface area contributed by atoms with Gasteiger partial charge in [0, 0.05) is 6.54 Å². The molecule has 7 heteroatoms. The Bertz CT molecular complexity index is 765. The SMILES string of the molecule is Cc1ccccc1C(O)CNC(=O)C(=O)Nc1cccc(F)c1F. The quantitative estimate of drug-likeness (QED) is 0.749. The Balaban J connectivity index is 1.94. The Hall–Kier alpha value is -2.80. The van der Waals surface area contributed by atoms with Crippen LogP contribution in [0.1, 0.15) is 17.2 Å². The van der Waals surface area contributed by atoms with Crippen LogP contribution in [0.2, 0.25) is 0 Å². The first kappa shape index (κ1) is 17.6. The number of rotatable bonds is 4. The molecule has 0 aromatic heterocycles. The van der Waals surface area contributed by atoms with Crippen LogP contribution in [0.25, 0.3) is 0 Å². The van der Waals surface area contributed by atoms with Crippen molar-refractivity contribution in [1.82, 2.24) is 5.32 Å². The fraction of sp³-hybridized carbons (Fsp3) is 0.176. The first-order chi connectivity index (χ1) is 11.4. The van der Waals surface area contributed by atoms with Crippen LogP contribution in [0.15, 0.2) is 42.5 Å². The first-order valence-corrected chi connectivity index (χ1v) is 7.17. The predicted octanol–water partition coefficient (Wildman–Crippen LogP) is 2.06. The molecule has 0 aliphatic heterocycles. The van der Waals surface area contributed by atoms with Gasteiger partial charge >= 0.3 is 11.8 Å². The van der Waals surface area contributed by atoms with Gasteiger partial charge in [0.2, 0.25) is 0 Å². The summed E-state index contributed by atoms with van der Waals surface area (Å²) in [5.41, 5.74) is 1.02. The predicted molar refractivity (Wildman–Crippen MR) is 84.1 cm³/mol. The summed E-state index contributed by atoms with van der Waals surface area (Å²) < 4.78 is 26.5. The van der Waals surface area contributed by atoms with E-state index in [-0.39, 0.29) is 6.54 Å². The number of nitrogens with one attached hydrogen (secondary N) is 2. The van der Waals surface area contributed by atoms with E-state index >= 15 is 0 Å². The number of amides is 2. The van der Waals surface area contributed by atoms with Crippen LogP contribution in [-0.4, -0.2) is 23.5 Å². The van der Waals surface area contributed by atoms with Gasteiger partial charge in [-0.1, -0.05) is 30.3 Å². The van der Waals surface area contributed by atoms with E-state index in [4.69, 9.17) is 0 Å². The summed E-state index contributed by atoms with van der Waals surface area (Å²) in [5.74, 6) is -4.61. The molecule has 1 unspecified atom stereocenters. The second-order valence-corrected chi connectivity index (χ2v) is 5.14. The minimum absolute atomic E-state index is 0.192. The molecule has 3 N–H and O–H groups in total. The summed E-state index contributed by atoms with van der Waals surface area (Å²) in [4.78, 5) is 23.4. The highest BCUT2D eigenvalue weighted by atomic mass is 19.2. The number of hydrogen-bond donors (Lipinski definition) is 3. The van der Waals surface area contributed by atoms with Gasteiger partial charge in [0.1, 0.15) is 0 Å². The van der Waals surface area contributed by atoms with Gasteiger partial charge in [-0.05, 0) is 30.2 Å². The van der Waals surface area contributed by atoms with Gasteiger partial charge in [0.05, 0.1) is 11.8 Å². The molecule has 2 aromatic rings. The number of hydrogen-bond acceptors (Lipinski definition) is 3. The van der Waals surface area contributed by atoms with Gasteiger partial charge in [-0.25, -0.2) is 8.78 Å². The Morgan fingerprint density at radius 3 is 2.50 bits per heavy atom. The summed E-state index contributed by atoms with van der Waals surface area (Å²) in [7, 11) is 0. The molecule has 24 heavy (non-hydrogen) atoms. The third-order valence-corrected chi connectivity index (χ3v) is 3.41. The van der Waals surface area contributed by atoms with E-state index in [9.17, 15) is 23.5 Å². The van der Waals surface area contributed by atoms with Crippen molar-refractivity contribution < 1.29 is 23.5 Å². The van der Waals surface area contributed by atoms with Gasteiger partial charge in [-0.2, -0.15) is 0 Å². The molecule has 2 amide bonds. The van der Waals surface area contributed by atoms with Crippen LogP contribution in [0.3, 0.4) is 0 Å². The molecule has 1 atom stereocenters. The number of anilines is 1. The standard InChI is InChI=1S/C17H16F2N2O3/c1-10-5-2-3-6-11(10)14(22)9-20-16(23)17(24)21-13-8-4-7-12(18)15(13)19/h2-8,14,22H,9H2,1H3,(H,20,23)(H,21,24). The third-order valence-electron chi connectivity index (χ3n) is 3.41. The summed E-state index contributed by atoms with van der Waals surface area (Å²) in [5, 5.41) is 14.3. The molecule has 0 aliphatic rings. The average Bonchev–Trinajstić information content (AvgIpc) is 2.56. The second kappa shape index (κ2) is 7.65. The lowest BCUT2D eigenvalue weighted by Crippen LogP contribution is -2.37. The Kier molecular flexibility index (Phi) is 5.59. The molecule has 5 nitrogen and oxygen atoms in total. The molecule has 0 heterocycles. The first-order valence-electron chi connectivity index (χ1n) is 7.17. The number of carbonyl (C=O) groups excluding carboxylic acids is 2. The summed E-state index contributed by atoms with van der Waals surface area (Å²) in [6, 6.07) is 10.3. The Morgan fingerprint density at radius 1 is 1.08 bits per heavy atom. The number of carbonyl (C=O) groups is 2. The van der Waals surface area contributed by atoms with Gasteiger partial charge in [-0.15, -0.1) is 0 Å². The summed E-state index contributed by atoms with van der Waals surface area (Å²) in [6.45, 7) is 1.61. The largest absolute Gasteiger partial charge is 0.387 e. The van der Waals surface area contributed by atoms with Crippen molar-refractivity contribution in [3.05, 3.63) is 65.2 Å². The summed E-state index contributed by atoms with van der Waals surface area (Å²) in [6.07, 6.45) is -0.992. The van der Waals surface area contributed by atoms with Crippen molar-refractivity contribution >= 4 is 17.5 Å². The molecule has 2 rings (SSSR count). The van der Waals surface area contributed by atoms with E-state index in [0.29, 0.717) is 5.56 Å². The van der Waals surface area contributed by atoms with Gasteiger partial charge < -0.3 is 15.7 Å². The lowest BCUT2D eigenvalue weighted by Gasteiger charge is -2.14. The minimum atomic E-state index is -1.25. The highest BCUT2D eigenvalue weighted by Gasteiger charge is 2.18. The van der Waals surface area contributed by atoms with Crippen LogP contribution in [0.4, 0.5) is 14.5 Å². The van der Waals surface area contributed by atoms with Crippen LogP contribution < -0.4 is 10.6 Å². The van der Waals surface area contributed by atoms with E-state index in [1.54, 1.807) is 25.1 Å². The topological polar surface area (TPSA) is 78.4 Å². The molecule has 0 fully saturated rings. The molecule has 2 aromatic carbocycles. The zero-order chi connectivity index (χ0) is 17.7. The highest BCUT2D eigenvalue weighted by Crippen LogP contribution is 2.17. The fourth-order valence-corrected chi connectivity index (χ4v) is 2.12. The fourth-order valence-electron chi connectivity index (χ4n) is 2.12. The molecule has 0 saturated carbocycles. The maximum atomic E-state index is 13.4. The molecular formula is C17H16F2N2O3. The maximum Gasteiger partial charge on any atom is 0.313 e. The highest BCUT2D eigenvalue weighted by molar-refractivity contribution is 6.39. The minimum Gasteiger partial charge on any atom is -0.387 e. The molecule has 0 bridgehead atoms. The number of aliphatic hydroxyl groups excluding tert-OH is 1. The van der Waals surface area contributed by atoms with Crippen LogP contribution in [0.5, 0.6) is 0 Å². The summed E-state index contributed by atoms with van der Waals surface area (Å²) >= 11 is 0. The smallest absolute Gasteiger partial charge is 0.313 e. The zero-order valence-electron chi connectivity index (χ0n) is 12.8. The van der Waals surface area contributed by atoms with E-state index < -0.39 is 35.2 Å². The van der Waals surface area contributed by atoms with E-state index in [1.165, 1.54) is 6.07 Å². The number of benzene rings is 2. The maximum absolute atomic E-state index is 13.4. The lowest BCUT2D eigenvalue weighted by molar-refractivity contribution is -0.136. The van der Waals surface area contributed by atoms with Crippen LogP contribution in [-0.2, 0) is 9.59 Å². The number of aryl methyl sites for hydroxylation is 1. The van der Waals surface area contributed by atoms with E-state index in [2.05, 4.69) is 5.32 Å². The van der Waals surface area contributed by atoms with Crippen molar-refractivity contribution in [2.75, 3.05) is 11.9 Å². The lowest BCUT2D eigenvalue weighted by atomic mass is 10.0. The zero-order valence-corrected chi connectivity index (χ0v) is 12.8. The molecule has 0 spiro atoms. The van der Waals surface area contributed by atoms with Gasteiger partial charge in [0.15, 0.2) is 11.6 Å². The Morgan fingerprint density at radius 2 is 1.79 bits per heavy atom. The van der Waals surface area contributed by atoms with Crippen molar-refractivity contribution in [3.8, 4) is 0 Å². The number of halogens is 2. The average molecular weight is 334 g/mol. The third kappa shape index (κ3) is 4.14. The van der Waals surface area contributed by atoms with Crippen molar-refractivity contribution in [2.45, 2.75) is 13.0 Å². The van der Waals surface area contributed by atoms with E-state index in [0.717, 1.165) is 17.7 Å². The van der Waals surface area contributed by atoms with Gasteiger partial charge in [0.25, 0.3) is 0 Å². The van der Waals surface area contributed by atoms with E-state index in [1.807, 2.05) is 11.4 Å². The van der Waals surface area contributed by atoms with Gasteiger partial charge in [-0.3, -0.25) is 9.59 Å². The van der Waals surface area contributed by atoms with Crippen LogP contribution in [0, 0.1) is 18.6 Å². The Labute approximate surface area is 137 Å². The monoisotopic (exact) mass is 334 g/mol. The normalized spacial score (nSPS) is 11.7. The molecular weight excluding hydrogens is 318 g/mol.